The van der Waals surface area contributed by atoms with Gasteiger partial charge >= 0.3 is 6.01 Å². The number of carbonyl (C=O) groups is 1. The van der Waals surface area contributed by atoms with Crippen molar-refractivity contribution in [1.82, 2.24) is 9.97 Å². The molecule has 162 valence electrons. The number of anilines is 2. The molecule has 0 atom stereocenters. The van der Waals surface area contributed by atoms with Gasteiger partial charge < -0.3 is 14.8 Å². The molecule has 0 unspecified atom stereocenters. The number of methoxy groups -OCH3 is 2. The summed E-state index contributed by atoms with van der Waals surface area (Å²) in [6.07, 6.45) is 0. The number of ether oxygens (including phenoxy) is 2. The summed E-state index contributed by atoms with van der Waals surface area (Å²) in [6.45, 7) is 0. The predicted octanol–water partition coefficient (Wildman–Crippen LogP) is 3.85. The SMILES string of the molecule is COc1cc(NS(=O)(=O)c2ccc(NC(=O)c3ccc(Cl)cc3Cl)cc2)nc(OC)n1. The first kappa shape index (κ1) is 22.6. The van der Waals surface area contributed by atoms with E-state index in [-0.39, 0.29) is 33.2 Å². The van der Waals surface area contributed by atoms with E-state index < -0.39 is 15.9 Å². The average molecular weight is 483 g/mol. The van der Waals surface area contributed by atoms with Gasteiger partial charge in [0.2, 0.25) is 5.88 Å². The number of nitrogens with one attached hydrogen (secondary N) is 2. The summed E-state index contributed by atoms with van der Waals surface area (Å²) in [4.78, 5) is 20.2. The maximum atomic E-state index is 12.7. The van der Waals surface area contributed by atoms with Gasteiger partial charge in [-0.3, -0.25) is 9.52 Å². The van der Waals surface area contributed by atoms with E-state index in [2.05, 4.69) is 20.0 Å². The lowest BCUT2D eigenvalue weighted by atomic mass is 10.2. The highest BCUT2D eigenvalue weighted by Gasteiger charge is 2.17. The van der Waals surface area contributed by atoms with Crippen LogP contribution in [0.4, 0.5) is 11.5 Å². The van der Waals surface area contributed by atoms with Gasteiger partial charge in [0.1, 0.15) is 0 Å². The van der Waals surface area contributed by atoms with Crippen molar-refractivity contribution in [2.75, 3.05) is 24.3 Å². The Balaban J connectivity index is 1.76. The number of halogens is 2. The molecule has 12 heteroatoms. The minimum atomic E-state index is -3.97. The van der Waals surface area contributed by atoms with Crippen molar-refractivity contribution >= 4 is 50.6 Å². The molecular formula is C19H16Cl2N4O5S. The summed E-state index contributed by atoms with van der Waals surface area (Å²) in [5.41, 5.74) is 0.608. The number of rotatable bonds is 7. The van der Waals surface area contributed by atoms with Gasteiger partial charge in [-0.15, -0.1) is 0 Å². The molecule has 0 aliphatic heterocycles. The second kappa shape index (κ2) is 9.38. The molecule has 0 fully saturated rings. The summed E-state index contributed by atoms with van der Waals surface area (Å²) in [5.74, 6) is -0.363. The van der Waals surface area contributed by atoms with E-state index >= 15 is 0 Å². The standard InChI is InChI=1S/C19H16Cl2N4O5S/c1-29-17-10-16(23-19(24-17)30-2)25-31(27,28)13-6-4-12(5-7-13)22-18(26)14-8-3-11(20)9-15(14)21/h3-10H,1-2H3,(H,22,26)(H,23,24,25). The van der Waals surface area contributed by atoms with Gasteiger partial charge in [-0.25, -0.2) is 8.42 Å². The zero-order valence-corrected chi connectivity index (χ0v) is 18.5. The molecule has 0 aliphatic rings. The highest BCUT2D eigenvalue weighted by molar-refractivity contribution is 7.92. The third kappa shape index (κ3) is 5.54. The Morgan fingerprint density at radius 2 is 1.68 bits per heavy atom. The number of hydrogen-bond donors (Lipinski definition) is 2. The second-order valence-electron chi connectivity index (χ2n) is 5.99. The lowest BCUT2D eigenvalue weighted by Crippen LogP contribution is -2.15. The quantitative estimate of drug-likeness (QED) is 0.524. The van der Waals surface area contributed by atoms with Crippen molar-refractivity contribution in [3.05, 3.63) is 64.1 Å². The van der Waals surface area contributed by atoms with E-state index in [4.69, 9.17) is 32.7 Å². The van der Waals surface area contributed by atoms with E-state index in [1.165, 1.54) is 56.7 Å². The molecule has 2 N–H and O–H groups in total. The van der Waals surface area contributed by atoms with Crippen LogP contribution in [0.5, 0.6) is 11.9 Å². The molecule has 1 heterocycles. The van der Waals surface area contributed by atoms with Crippen molar-refractivity contribution in [2.24, 2.45) is 0 Å². The maximum Gasteiger partial charge on any atom is 0.321 e. The summed E-state index contributed by atoms with van der Waals surface area (Å²) in [6, 6.07) is 11.3. The van der Waals surface area contributed by atoms with Crippen LogP contribution in [0.1, 0.15) is 10.4 Å². The van der Waals surface area contributed by atoms with Crippen LogP contribution in [0.15, 0.2) is 53.4 Å². The molecule has 0 aliphatic carbocycles. The highest BCUT2D eigenvalue weighted by atomic mass is 35.5. The highest BCUT2D eigenvalue weighted by Crippen LogP contribution is 2.24. The molecule has 0 saturated heterocycles. The molecule has 3 rings (SSSR count). The van der Waals surface area contributed by atoms with Crippen LogP contribution in [-0.2, 0) is 10.0 Å². The minimum absolute atomic E-state index is 0.0292. The Morgan fingerprint density at radius 1 is 0.968 bits per heavy atom. The molecule has 3 aromatic rings. The van der Waals surface area contributed by atoms with Crippen LogP contribution in [0.3, 0.4) is 0 Å². The fraction of sp³-hybridized carbons (Fsp3) is 0.105. The van der Waals surface area contributed by atoms with Crippen LogP contribution in [0.2, 0.25) is 10.0 Å². The number of amides is 1. The zero-order valence-electron chi connectivity index (χ0n) is 16.2. The zero-order chi connectivity index (χ0) is 22.6. The first-order valence-corrected chi connectivity index (χ1v) is 10.8. The number of sulfonamides is 1. The number of benzene rings is 2. The van der Waals surface area contributed by atoms with Crippen molar-refractivity contribution in [3.63, 3.8) is 0 Å². The Morgan fingerprint density at radius 3 is 2.29 bits per heavy atom. The summed E-state index contributed by atoms with van der Waals surface area (Å²) < 4.78 is 37.6. The van der Waals surface area contributed by atoms with Crippen molar-refractivity contribution in [3.8, 4) is 11.9 Å². The normalized spacial score (nSPS) is 11.0. The van der Waals surface area contributed by atoms with Gasteiger partial charge in [-0.2, -0.15) is 9.97 Å². The van der Waals surface area contributed by atoms with Crippen LogP contribution in [-0.4, -0.2) is 38.5 Å². The van der Waals surface area contributed by atoms with E-state index in [1.807, 2.05) is 0 Å². The lowest BCUT2D eigenvalue weighted by molar-refractivity contribution is 0.102. The summed E-state index contributed by atoms with van der Waals surface area (Å²) in [7, 11) is -1.25. The Labute approximate surface area is 188 Å². The second-order valence-corrected chi connectivity index (χ2v) is 8.52. The van der Waals surface area contributed by atoms with Crippen LogP contribution in [0.25, 0.3) is 0 Å². The largest absolute Gasteiger partial charge is 0.481 e. The molecule has 31 heavy (non-hydrogen) atoms. The molecule has 9 nitrogen and oxygen atoms in total. The van der Waals surface area contributed by atoms with Crippen molar-refractivity contribution in [1.29, 1.82) is 0 Å². The van der Waals surface area contributed by atoms with Gasteiger partial charge in [0, 0.05) is 16.8 Å². The van der Waals surface area contributed by atoms with Crippen LogP contribution in [0, 0.1) is 0 Å². The average Bonchev–Trinajstić information content (AvgIpc) is 2.73. The Kier molecular flexibility index (Phi) is 6.84. The monoisotopic (exact) mass is 482 g/mol. The smallest absolute Gasteiger partial charge is 0.321 e. The predicted molar refractivity (Wildman–Crippen MR) is 117 cm³/mol. The molecule has 0 spiro atoms. The topological polar surface area (TPSA) is 120 Å². The Bertz CT molecular complexity index is 1200. The van der Waals surface area contributed by atoms with Gasteiger partial charge in [-0.05, 0) is 42.5 Å². The van der Waals surface area contributed by atoms with E-state index in [0.717, 1.165) is 0 Å². The van der Waals surface area contributed by atoms with Gasteiger partial charge in [0.05, 0.1) is 29.7 Å². The van der Waals surface area contributed by atoms with Crippen molar-refractivity contribution < 1.29 is 22.7 Å². The molecule has 0 radical (unpaired) electrons. The fourth-order valence-corrected chi connectivity index (χ4v) is 3.92. The molecule has 1 amide bonds. The lowest BCUT2D eigenvalue weighted by Gasteiger charge is -2.11. The van der Waals surface area contributed by atoms with Crippen LogP contribution >= 0.6 is 23.2 Å². The van der Waals surface area contributed by atoms with E-state index in [1.54, 1.807) is 6.07 Å². The molecule has 0 saturated carbocycles. The van der Waals surface area contributed by atoms with Crippen molar-refractivity contribution in [2.45, 2.75) is 4.90 Å². The molecule has 2 aromatic carbocycles. The van der Waals surface area contributed by atoms with Gasteiger partial charge in [-0.1, -0.05) is 23.2 Å². The summed E-state index contributed by atoms with van der Waals surface area (Å²) in [5, 5.41) is 3.25. The third-order valence-corrected chi connectivity index (χ3v) is 5.83. The third-order valence-electron chi connectivity index (χ3n) is 3.91. The minimum Gasteiger partial charge on any atom is -0.481 e. The molecule has 0 bridgehead atoms. The first-order chi connectivity index (χ1) is 14.7. The van der Waals surface area contributed by atoms with Gasteiger partial charge in [0.25, 0.3) is 15.9 Å². The fourth-order valence-electron chi connectivity index (χ4n) is 2.44. The molecular weight excluding hydrogens is 467 g/mol. The van der Waals surface area contributed by atoms with Gasteiger partial charge in [0.15, 0.2) is 5.82 Å². The van der Waals surface area contributed by atoms with E-state index in [0.29, 0.717) is 10.7 Å². The van der Waals surface area contributed by atoms with E-state index in [9.17, 15) is 13.2 Å². The Hall–Kier alpha value is -3.08. The molecule has 1 aromatic heterocycles. The summed E-state index contributed by atoms with van der Waals surface area (Å²) >= 11 is 11.9. The maximum absolute atomic E-state index is 12.7. The number of hydrogen-bond acceptors (Lipinski definition) is 7. The van der Waals surface area contributed by atoms with Crippen LogP contribution < -0.4 is 19.5 Å². The number of carbonyl (C=O) groups excluding carboxylic acids is 1. The first-order valence-electron chi connectivity index (χ1n) is 8.58. The number of nitrogens with zero attached hydrogens (tertiary/aromatic N) is 2. The number of aromatic nitrogens is 2.